The van der Waals surface area contributed by atoms with Crippen molar-refractivity contribution in [2.24, 2.45) is 5.92 Å². The van der Waals surface area contributed by atoms with Crippen LogP contribution < -0.4 is 5.32 Å². The Morgan fingerprint density at radius 1 is 1.40 bits per heavy atom. The molecule has 2 N–H and O–H groups in total. The molecule has 7 nitrogen and oxygen atoms in total. The number of aliphatic carboxylic acids is 1. The van der Waals surface area contributed by atoms with Crippen molar-refractivity contribution in [3.63, 3.8) is 0 Å². The number of carboxylic acids is 1. The number of amides is 1. The van der Waals surface area contributed by atoms with Crippen LogP contribution in [0.15, 0.2) is 12.1 Å². The predicted molar refractivity (Wildman–Crippen MR) is 71.8 cm³/mol. The molecule has 0 aromatic carbocycles. The Labute approximate surface area is 118 Å². The summed E-state index contributed by atoms with van der Waals surface area (Å²) in [5.74, 6) is -1.64. The number of nitrogens with one attached hydrogen (secondary N) is 1. The smallest absolute Gasteiger partial charge is 0.324 e. The van der Waals surface area contributed by atoms with Gasteiger partial charge in [0.1, 0.15) is 0 Å². The molecule has 108 valence electrons. The van der Waals surface area contributed by atoms with Crippen LogP contribution in [0.2, 0.25) is 0 Å². The molecule has 0 aliphatic heterocycles. The molecule has 1 amide bonds. The lowest BCUT2D eigenvalue weighted by molar-refractivity contribution is -0.380. The minimum atomic E-state index is -0.837. The number of hydrogen-bond acceptors (Lipinski definition) is 5. The van der Waals surface area contributed by atoms with Gasteiger partial charge in [-0.2, -0.15) is 0 Å². The van der Waals surface area contributed by atoms with Crippen LogP contribution in [0.5, 0.6) is 0 Å². The Balaban J connectivity index is 1.96. The van der Waals surface area contributed by atoms with Crippen molar-refractivity contribution in [2.75, 3.05) is 0 Å². The molecule has 20 heavy (non-hydrogen) atoms. The van der Waals surface area contributed by atoms with Gasteiger partial charge in [-0.15, -0.1) is 0 Å². The van der Waals surface area contributed by atoms with Gasteiger partial charge in [0.15, 0.2) is 0 Å². The second kappa shape index (κ2) is 6.00. The number of rotatable bonds is 4. The van der Waals surface area contributed by atoms with Crippen molar-refractivity contribution in [1.82, 2.24) is 5.32 Å². The molecule has 2 rings (SSSR count). The van der Waals surface area contributed by atoms with E-state index in [1.54, 1.807) is 0 Å². The van der Waals surface area contributed by atoms with E-state index in [1.165, 1.54) is 12.1 Å². The molecule has 1 aliphatic carbocycles. The summed E-state index contributed by atoms with van der Waals surface area (Å²) in [5.41, 5.74) is 0. The van der Waals surface area contributed by atoms with Crippen LogP contribution in [0.3, 0.4) is 0 Å². The molecular formula is C12H14N2O5S. The molecule has 2 atom stereocenters. The average molecular weight is 298 g/mol. The van der Waals surface area contributed by atoms with Gasteiger partial charge in [0.05, 0.1) is 15.7 Å². The topological polar surface area (TPSA) is 110 Å². The maximum Gasteiger partial charge on any atom is 0.324 e. The fraction of sp³-hybridized carbons (Fsp3) is 0.500. The average Bonchev–Trinajstić information content (AvgIpc) is 2.88. The van der Waals surface area contributed by atoms with Crippen LogP contribution in [-0.4, -0.2) is 27.9 Å². The number of thiophene rings is 1. The lowest BCUT2D eigenvalue weighted by Gasteiger charge is -2.27. The highest BCUT2D eigenvalue weighted by Crippen LogP contribution is 2.27. The third-order valence-electron chi connectivity index (χ3n) is 3.35. The van der Waals surface area contributed by atoms with Crippen molar-refractivity contribution in [1.29, 1.82) is 0 Å². The molecule has 1 fully saturated rings. The maximum absolute atomic E-state index is 12.0. The zero-order valence-corrected chi connectivity index (χ0v) is 11.4. The van der Waals surface area contributed by atoms with E-state index >= 15 is 0 Å². The molecule has 1 saturated carbocycles. The minimum Gasteiger partial charge on any atom is -0.481 e. The fourth-order valence-corrected chi connectivity index (χ4v) is 3.07. The summed E-state index contributed by atoms with van der Waals surface area (Å²) >= 11 is 0.817. The Bertz CT molecular complexity index is 542. The second-order valence-corrected chi connectivity index (χ2v) is 5.83. The zero-order valence-electron chi connectivity index (χ0n) is 10.6. The molecule has 1 aromatic heterocycles. The first-order valence-electron chi connectivity index (χ1n) is 6.25. The van der Waals surface area contributed by atoms with Crippen LogP contribution in [0.1, 0.15) is 35.4 Å². The largest absolute Gasteiger partial charge is 0.481 e. The van der Waals surface area contributed by atoms with Crippen LogP contribution in [-0.2, 0) is 4.79 Å². The Morgan fingerprint density at radius 3 is 2.75 bits per heavy atom. The molecular weight excluding hydrogens is 284 g/mol. The summed E-state index contributed by atoms with van der Waals surface area (Å²) in [4.78, 5) is 33.2. The van der Waals surface area contributed by atoms with Crippen LogP contribution in [0.4, 0.5) is 5.00 Å². The van der Waals surface area contributed by atoms with Crippen LogP contribution in [0, 0.1) is 16.0 Å². The van der Waals surface area contributed by atoms with Gasteiger partial charge in [-0.1, -0.05) is 17.8 Å². The predicted octanol–water partition coefficient (Wildman–Crippen LogP) is 2.03. The Kier molecular flexibility index (Phi) is 4.33. The summed E-state index contributed by atoms with van der Waals surface area (Å²) < 4.78 is 0. The van der Waals surface area contributed by atoms with Crippen molar-refractivity contribution in [3.05, 3.63) is 27.1 Å². The monoisotopic (exact) mass is 298 g/mol. The van der Waals surface area contributed by atoms with Gasteiger partial charge in [0, 0.05) is 12.1 Å². The molecule has 1 heterocycles. The molecule has 0 spiro atoms. The van der Waals surface area contributed by atoms with Gasteiger partial charge in [-0.3, -0.25) is 19.7 Å². The van der Waals surface area contributed by atoms with Crippen molar-refractivity contribution in [2.45, 2.75) is 31.7 Å². The van der Waals surface area contributed by atoms with E-state index in [0.717, 1.165) is 24.2 Å². The number of nitro groups is 1. The summed E-state index contributed by atoms with van der Waals surface area (Å²) in [7, 11) is 0. The number of carbonyl (C=O) groups excluding carboxylic acids is 1. The van der Waals surface area contributed by atoms with Crippen LogP contribution in [0.25, 0.3) is 0 Å². The van der Waals surface area contributed by atoms with E-state index in [1.807, 2.05) is 0 Å². The standard InChI is InChI=1S/C12H14N2O5S/c15-11(9-4-5-10(20-9)14(18)19)13-8-3-1-2-7(6-8)12(16)17/h4-5,7-8H,1-3,6H2,(H,13,15)(H,16,17). The number of nitrogens with zero attached hydrogens (tertiary/aromatic N) is 1. The molecule has 0 bridgehead atoms. The molecule has 8 heteroatoms. The van der Waals surface area contributed by atoms with E-state index in [0.29, 0.717) is 12.8 Å². The fourth-order valence-electron chi connectivity index (χ4n) is 2.35. The third kappa shape index (κ3) is 3.32. The van der Waals surface area contributed by atoms with Crippen molar-refractivity contribution >= 4 is 28.2 Å². The highest BCUT2D eigenvalue weighted by Gasteiger charge is 2.28. The first kappa shape index (κ1) is 14.4. The summed E-state index contributed by atoms with van der Waals surface area (Å²) in [5, 5.41) is 22.2. The Morgan fingerprint density at radius 2 is 2.15 bits per heavy atom. The van der Waals surface area contributed by atoms with E-state index in [2.05, 4.69) is 5.32 Å². The molecule has 0 radical (unpaired) electrons. The van der Waals surface area contributed by atoms with Crippen molar-refractivity contribution < 1.29 is 19.6 Å². The van der Waals surface area contributed by atoms with Gasteiger partial charge >= 0.3 is 11.0 Å². The van der Waals surface area contributed by atoms with Crippen molar-refractivity contribution in [3.8, 4) is 0 Å². The summed E-state index contributed by atoms with van der Waals surface area (Å²) in [6.07, 6.45) is 2.54. The van der Waals surface area contributed by atoms with E-state index < -0.39 is 16.8 Å². The number of carbonyl (C=O) groups is 2. The number of carboxylic acid groups (broad SMARTS) is 1. The van der Waals surface area contributed by atoms with Gasteiger partial charge in [0.25, 0.3) is 5.91 Å². The quantitative estimate of drug-likeness (QED) is 0.653. The van der Waals surface area contributed by atoms with Gasteiger partial charge in [-0.25, -0.2) is 0 Å². The first-order valence-corrected chi connectivity index (χ1v) is 7.07. The minimum absolute atomic E-state index is 0.0813. The third-order valence-corrected chi connectivity index (χ3v) is 4.39. The second-order valence-electron chi connectivity index (χ2n) is 4.77. The molecule has 2 unspecified atom stereocenters. The molecule has 1 aromatic rings. The normalized spacial score (nSPS) is 22.2. The van der Waals surface area contributed by atoms with Gasteiger partial charge in [-0.05, 0) is 25.3 Å². The zero-order chi connectivity index (χ0) is 14.7. The summed E-state index contributed by atoms with van der Waals surface area (Å²) in [6, 6.07) is 2.52. The highest BCUT2D eigenvalue weighted by atomic mass is 32.1. The number of hydrogen-bond donors (Lipinski definition) is 2. The van der Waals surface area contributed by atoms with E-state index in [4.69, 9.17) is 5.11 Å². The SMILES string of the molecule is O=C(NC1CCCC(C(=O)O)C1)c1ccc([N+](=O)[O-])s1. The van der Waals surface area contributed by atoms with Gasteiger partial charge in [0.2, 0.25) is 0 Å². The van der Waals surface area contributed by atoms with Crippen LogP contribution >= 0.6 is 11.3 Å². The maximum atomic E-state index is 12.0. The van der Waals surface area contributed by atoms with E-state index in [-0.39, 0.29) is 21.8 Å². The Hall–Kier alpha value is -1.96. The van der Waals surface area contributed by atoms with E-state index in [9.17, 15) is 19.7 Å². The molecule has 1 aliphatic rings. The summed E-state index contributed by atoms with van der Waals surface area (Å²) in [6.45, 7) is 0. The highest BCUT2D eigenvalue weighted by molar-refractivity contribution is 7.17. The lowest BCUT2D eigenvalue weighted by Crippen LogP contribution is -2.39. The lowest BCUT2D eigenvalue weighted by atomic mass is 9.86. The van der Waals surface area contributed by atoms with Gasteiger partial charge < -0.3 is 10.4 Å². The first-order chi connectivity index (χ1) is 9.47. The molecule has 0 saturated heterocycles.